The minimum Gasteiger partial charge on any atom is -0.481 e. The van der Waals surface area contributed by atoms with E-state index >= 15 is 0 Å². The van der Waals surface area contributed by atoms with Crippen LogP contribution in [0.15, 0.2) is 53.1 Å². The van der Waals surface area contributed by atoms with Crippen molar-refractivity contribution in [1.82, 2.24) is 9.97 Å². The van der Waals surface area contributed by atoms with E-state index in [2.05, 4.69) is 9.97 Å². The maximum atomic E-state index is 11.2. The standard InChI is InChI=1S/C19H14N2O3S/c1-11-4-7-16(25-11)18-15(10-17(22)23)21-19(24-18)13-5-6-14-12(9-13)3-2-8-20-14/h2-9H,10H2,1H3,(H,22,23). The van der Waals surface area contributed by atoms with Crippen LogP contribution in [-0.2, 0) is 11.2 Å². The molecule has 0 bridgehead atoms. The molecule has 1 N–H and O–H groups in total. The third-order valence-corrected chi connectivity index (χ3v) is 4.83. The summed E-state index contributed by atoms with van der Waals surface area (Å²) in [4.78, 5) is 22.0. The van der Waals surface area contributed by atoms with Gasteiger partial charge in [0.05, 0.1) is 22.5 Å². The Hall–Kier alpha value is -2.99. The number of rotatable bonds is 4. The summed E-state index contributed by atoms with van der Waals surface area (Å²) in [5.74, 6) is 0.0157. The van der Waals surface area contributed by atoms with Crippen LogP contribution in [0, 0.1) is 6.92 Å². The molecule has 0 fully saturated rings. The fourth-order valence-corrected chi connectivity index (χ4v) is 3.57. The number of thiophene rings is 1. The molecule has 0 spiro atoms. The molecule has 4 rings (SSSR count). The molecule has 0 radical (unpaired) electrons. The smallest absolute Gasteiger partial charge is 0.309 e. The number of aryl methyl sites for hydroxylation is 1. The van der Waals surface area contributed by atoms with E-state index in [4.69, 9.17) is 4.42 Å². The molecule has 0 aliphatic carbocycles. The topological polar surface area (TPSA) is 76.2 Å². The molecule has 0 aliphatic heterocycles. The molecule has 0 saturated heterocycles. The minimum atomic E-state index is -0.933. The SMILES string of the molecule is Cc1ccc(-c2oc(-c3ccc4ncccc4c3)nc2CC(=O)O)s1. The Labute approximate surface area is 147 Å². The monoisotopic (exact) mass is 350 g/mol. The number of carboxylic acids is 1. The number of hydrogen-bond acceptors (Lipinski definition) is 5. The van der Waals surface area contributed by atoms with Crippen molar-refractivity contribution >= 4 is 28.2 Å². The second-order valence-electron chi connectivity index (χ2n) is 5.69. The lowest BCUT2D eigenvalue weighted by atomic mass is 10.1. The van der Waals surface area contributed by atoms with Crippen molar-refractivity contribution in [3.63, 3.8) is 0 Å². The lowest BCUT2D eigenvalue weighted by Gasteiger charge is -1.99. The highest BCUT2D eigenvalue weighted by atomic mass is 32.1. The highest BCUT2D eigenvalue weighted by Crippen LogP contribution is 2.35. The van der Waals surface area contributed by atoms with Crippen molar-refractivity contribution in [3.05, 3.63) is 59.2 Å². The Morgan fingerprint density at radius 1 is 1.24 bits per heavy atom. The molecule has 5 nitrogen and oxygen atoms in total. The van der Waals surface area contributed by atoms with E-state index < -0.39 is 5.97 Å². The number of carboxylic acid groups (broad SMARTS) is 1. The molecule has 0 unspecified atom stereocenters. The van der Waals surface area contributed by atoms with Gasteiger partial charge in [-0.2, -0.15) is 0 Å². The lowest BCUT2D eigenvalue weighted by Crippen LogP contribution is -2.01. The average Bonchev–Trinajstić information content (AvgIpc) is 3.20. The van der Waals surface area contributed by atoms with Crippen LogP contribution in [0.1, 0.15) is 10.6 Å². The summed E-state index contributed by atoms with van der Waals surface area (Å²) in [5.41, 5.74) is 2.12. The molecule has 3 aromatic heterocycles. The summed E-state index contributed by atoms with van der Waals surface area (Å²) in [5, 5.41) is 10.2. The zero-order valence-electron chi connectivity index (χ0n) is 13.4. The second kappa shape index (κ2) is 6.14. The average molecular weight is 350 g/mol. The first-order valence-corrected chi connectivity index (χ1v) is 8.55. The molecule has 25 heavy (non-hydrogen) atoms. The maximum absolute atomic E-state index is 11.2. The summed E-state index contributed by atoms with van der Waals surface area (Å²) in [7, 11) is 0. The first kappa shape index (κ1) is 15.5. The fraction of sp³-hybridized carbons (Fsp3) is 0.105. The quantitative estimate of drug-likeness (QED) is 0.584. The van der Waals surface area contributed by atoms with E-state index in [1.165, 1.54) is 0 Å². The Kier molecular flexibility index (Phi) is 3.82. The number of nitrogens with zero attached hydrogens (tertiary/aromatic N) is 2. The van der Waals surface area contributed by atoms with E-state index in [9.17, 15) is 9.90 Å². The van der Waals surface area contributed by atoms with E-state index in [-0.39, 0.29) is 6.42 Å². The zero-order chi connectivity index (χ0) is 17.4. The van der Waals surface area contributed by atoms with Gasteiger partial charge in [0.25, 0.3) is 0 Å². The van der Waals surface area contributed by atoms with Gasteiger partial charge in [0.2, 0.25) is 5.89 Å². The predicted octanol–water partition coefficient (Wildman–Crippen LogP) is 4.55. The van der Waals surface area contributed by atoms with Gasteiger partial charge in [-0.05, 0) is 43.3 Å². The Bertz CT molecular complexity index is 1080. The highest BCUT2D eigenvalue weighted by molar-refractivity contribution is 7.15. The van der Waals surface area contributed by atoms with Crippen LogP contribution in [0.4, 0.5) is 0 Å². The molecule has 0 amide bonds. The summed E-state index contributed by atoms with van der Waals surface area (Å²) in [6.07, 6.45) is 1.57. The van der Waals surface area contributed by atoms with E-state index in [0.717, 1.165) is 26.2 Å². The van der Waals surface area contributed by atoms with Gasteiger partial charge in [-0.25, -0.2) is 4.98 Å². The van der Waals surface area contributed by atoms with E-state index in [0.29, 0.717) is 17.3 Å². The van der Waals surface area contributed by atoms with Crippen molar-refractivity contribution in [1.29, 1.82) is 0 Å². The largest absolute Gasteiger partial charge is 0.481 e. The molecule has 1 aromatic carbocycles. The summed E-state index contributed by atoms with van der Waals surface area (Å²) < 4.78 is 5.97. The number of fused-ring (bicyclic) bond motifs is 1. The molecule has 3 heterocycles. The first-order valence-electron chi connectivity index (χ1n) is 7.73. The molecule has 0 saturated carbocycles. The maximum Gasteiger partial charge on any atom is 0.309 e. The van der Waals surface area contributed by atoms with Gasteiger partial charge >= 0.3 is 5.97 Å². The Morgan fingerprint density at radius 2 is 2.12 bits per heavy atom. The second-order valence-corrected chi connectivity index (χ2v) is 6.97. The van der Waals surface area contributed by atoms with Crippen LogP contribution in [0.5, 0.6) is 0 Å². The summed E-state index contributed by atoms with van der Waals surface area (Å²) >= 11 is 1.56. The number of aliphatic carboxylic acids is 1. The van der Waals surface area contributed by atoms with Gasteiger partial charge in [-0.1, -0.05) is 6.07 Å². The molecular weight excluding hydrogens is 336 g/mol. The summed E-state index contributed by atoms with van der Waals surface area (Å²) in [6, 6.07) is 13.5. The molecule has 6 heteroatoms. The van der Waals surface area contributed by atoms with Gasteiger partial charge in [0.1, 0.15) is 0 Å². The zero-order valence-corrected chi connectivity index (χ0v) is 14.2. The van der Waals surface area contributed by atoms with Gasteiger partial charge < -0.3 is 9.52 Å². The van der Waals surface area contributed by atoms with Gasteiger partial charge in [-0.3, -0.25) is 9.78 Å². The highest BCUT2D eigenvalue weighted by Gasteiger charge is 2.20. The normalized spacial score (nSPS) is 11.1. The molecule has 0 aliphatic rings. The number of carbonyl (C=O) groups is 1. The number of aromatic nitrogens is 2. The number of hydrogen-bond donors (Lipinski definition) is 1. The van der Waals surface area contributed by atoms with Gasteiger partial charge in [0.15, 0.2) is 5.76 Å². The van der Waals surface area contributed by atoms with Gasteiger partial charge in [0, 0.05) is 22.0 Å². The van der Waals surface area contributed by atoms with E-state index in [1.54, 1.807) is 17.5 Å². The Balaban J connectivity index is 1.83. The molecule has 4 aromatic rings. The minimum absolute atomic E-state index is 0.176. The van der Waals surface area contributed by atoms with Crippen molar-refractivity contribution in [2.75, 3.05) is 0 Å². The molecular formula is C19H14N2O3S. The van der Waals surface area contributed by atoms with Crippen molar-refractivity contribution in [2.24, 2.45) is 0 Å². The van der Waals surface area contributed by atoms with E-state index in [1.807, 2.05) is 49.4 Å². The number of oxazole rings is 1. The van der Waals surface area contributed by atoms with Crippen molar-refractivity contribution in [3.8, 4) is 22.1 Å². The Morgan fingerprint density at radius 3 is 2.88 bits per heavy atom. The first-order chi connectivity index (χ1) is 12.1. The van der Waals surface area contributed by atoms with Crippen LogP contribution in [0.2, 0.25) is 0 Å². The third kappa shape index (κ3) is 3.04. The van der Waals surface area contributed by atoms with Crippen LogP contribution in [0.3, 0.4) is 0 Å². The fourth-order valence-electron chi connectivity index (χ4n) is 2.70. The van der Waals surface area contributed by atoms with Crippen molar-refractivity contribution in [2.45, 2.75) is 13.3 Å². The molecule has 0 atom stereocenters. The van der Waals surface area contributed by atoms with Crippen LogP contribution >= 0.6 is 11.3 Å². The lowest BCUT2D eigenvalue weighted by molar-refractivity contribution is -0.136. The predicted molar refractivity (Wildman–Crippen MR) is 96.6 cm³/mol. The summed E-state index contributed by atoms with van der Waals surface area (Å²) in [6.45, 7) is 2.00. The molecule has 124 valence electrons. The number of benzene rings is 1. The number of pyridine rings is 1. The van der Waals surface area contributed by atoms with Crippen LogP contribution in [-0.4, -0.2) is 21.0 Å². The van der Waals surface area contributed by atoms with Crippen molar-refractivity contribution < 1.29 is 14.3 Å². The third-order valence-electron chi connectivity index (χ3n) is 3.83. The van der Waals surface area contributed by atoms with Gasteiger partial charge in [-0.15, -0.1) is 11.3 Å². The van der Waals surface area contributed by atoms with Crippen LogP contribution in [0.25, 0.3) is 33.0 Å². The van der Waals surface area contributed by atoms with Crippen LogP contribution < -0.4 is 0 Å².